The molecule has 2 N–H and O–H groups in total. The number of carbonyl (C=O) groups is 2. The molecular weight excluding hydrogens is 220 g/mol. The van der Waals surface area contributed by atoms with E-state index >= 15 is 0 Å². The molecule has 0 unspecified atom stereocenters. The van der Waals surface area contributed by atoms with E-state index in [1.54, 1.807) is 13.0 Å². The molecule has 5 heteroatoms. The minimum absolute atomic E-state index is 0.481. The third-order valence-corrected chi connectivity index (χ3v) is 2.14. The summed E-state index contributed by atoms with van der Waals surface area (Å²) < 4.78 is 5.41. The summed E-state index contributed by atoms with van der Waals surface area (Å²) in [6, 6.07) is 6.81. The molecule has 0 bridgehead atoms. The number of urea groups is 1. The highest BCUT2D eigenvalue weighted by molar-refractivity contribution is 5.96. The molecule has 0 aromatic heterocycles. The van der Waals surface area contributed by atoms with Crippen LogP contribution in [0.1, 0.15) is 12.5 Å². The van der Waals surface area contributed by atoms with Crippen LogP contribution in [0.3, 0.4) is 0 Å². The Hall–Kier alpha value is -2.04. The Morgan fingerprint density at radius 3 is 2.65 bits per heavy atom. The van der Waals surface area contributed by atoms with Crippen LogP contribution in [0.4, 0.5) is 4.79 Å². The molecule has 0 aliphatic rings. The fourth-order valence-corrected chi connectivity index (χ4v) is 1.22. The molecule has 92 valence electrons. The lowest BCUT2D eigenvalue weighted by atomic mass is 10.2. The molecule has 1 aromatic rings. The molecular formula is C12H16N2O3. The van der Waals surface area contributed by atoms with Gasteiger partial charge >= 0.3 is 6.03 Å². The van der Waals surface area contributed by atoms with E-state index in [-0.39, 0.29) is 0 Å². The number of aryl methyl sites for hydroxylation is 1. The predicted octanol–water partition coefficient (Wildman–Crippen LogP) is 1.22. The molecule has 0 fully saturated rings. The number of carbonyl (C=O) groups excluding carboxylic acids is 2. The number of ether oxygens (including phenoxy) is 1. The van der Waals surface area contributed by atoms with Gasteiger partial charge in [-0.2, -0.15) is 0 Å². The lowest BCUT2D eigenvalue weighted by Crippen LogP contribution is -2.43. The molecule has 0 radical (unpaired) electrons. The van der Waals surface area contributed by atoms with Crippen LogP contribution < -0.4 is 15.4 Å². The Bertz CT molecular complexity index is 418. The third-order valence-electron chi connectivity index (χ3n) is 2.14. The quantitative estimate of drug-likeness (QED) is 0.829. The van der Waals surface area contributed by atoms with Gasteiger partial charge in [0.05, 0.1) is 0 Å². The smallest absolute Gasteiger partial charge is 0.321 e. The Morgan fingerprint density at radius 1 is 1.35 bits per heavy atom. The van der Waals surface area contributed by atoms with Crippen molar-refractivity contribution in [2.75, 3.05) is 7.05 Å². The largest absolute Gasteiger partial charge is 0.481 e. The van der Waals surface area contributed by atoms with Crippen molar-refractivity contribution in [1.29, 1.82) is 0 Å². The van der Waals surface area contributed by atoms with E-state index in [9.17, 15) is 9.59 Å². The van der Waals surface area contributed by atoms with Crippen LogP contribution in [0.15, 0.2) is 24.3 Å². The topological polar surface area (TPSA) is 67.4 Å². The molecule has 3 amide bonds. The van der Waals surface area contributed by atoms with Crippen molar-refractivity contribution in [3.8, 4) is 5.75 Å². The first-order valence-corrected chi connectivity index (χ1v) is 5.29. The lowest BCUT2D eigenvalue weighted by Gasteiger charge is -2.14. The molecule has 0 heterocycles. The van der Waals surface area contributed by atoms with Gasteiger partial charge in [0, 0.05) is 7.05 Å². The van der Waals surface area contributed by atoms with Crippen LogP contribution in [0.5, 0.6) is 5.75 Å². The van der Waals surface area contributed by atoms with Gasteiger partial charge < -0.3 is 10.1 Å². The molecule has 5 nitrogen and oxygen atoms in total. The first kappa shape index (κ1) is 13.0. The number of imide groups is 1. The van der Waals surface area contributed by atoms with Gasteiger partial charge in [0.1, 0.15) is 5.75 Å². The SMILES string of the molecule is CNC(=O)NC(=O)[C@H](C)Oc1cccc(C)c1. The Balaban J connectivity index is 2.57. The maximum absolute atomic E-state index is 11.5. The summed E-state index contributed by atoms with van der Waals surface area (Å²) in [4.78, 5) is 22.4. The summed E-state index contributed by atoms with van der Waals surface area (Å²) >= 11 is 0. The first-order chi connectivity index (χ1) is 8.02. The van der Waals surface area contributed by atoms with Gasteiger partial charge in [-0.25, -0.2) is 4.79 Å². The fraction of sp³-hybridized carbons (Fsp3) is 0.333. The predicted molar refractivity (Wildman–Crippen MR) is 63.9 cm³/mol. The number of amides is 3. The van der Waals surface area contributed by atoms with E-state index < -0.39 is 18.0 Å². The molecule has 1 atom stereocenters. The van der Waals surface area contributed by atoms with Crippen molar-refractivity contribution >= 4 is 11.9 Å². The van der Waals surface area contributed by atoms with Crippen LogP contribution >= 0.6 is 0 Å². The average Bonchev–Trinajstić information content (AvgIpc) is 2.28. The molecule has 1 rings (SSSR count). The highest BCUT2D eigenvalue weighted by Crippen LogP contribution is 2.14. The first-order valence-electron chi connectivity index (χ1n) is 5.29. The van der Waals surface area contributed by atoms with Gasteiger partial charge in [-0.05, 0) is 31.5 Å². The minimum Gasteiger partial charge on any atom is -0.481 e. The fourth-order valence-electron chi connectivity index (χ4n) is 1.22. The van der Waals surface area contributed by atoms with Crippen molar-refractivity contribution in [1.82, 2.24) is 10.6 Å². The summed E-state index contributed by atoms with van der Waals surface area (Å²) in [5, 5.41) is 4.45. The molecule has 0 aliphatic heterocycles. The van der Waals surface area contributed by atoms with Crippen molar-refractivity contribution in [2.45, 2.75) is 20.0 Å². The van der Waals surface area contributed by atoms with Crippen molar-refractivity contribution in [2.24, 2.45) is 0 Å². The molecule has 0 spiro atoms. The highest BCUT2D eigenvalue weighted by atomic mass is 16.5. The van der Waals surface area contributed by atoms with E-state index in [0.717, 1.165) is 5.56 Å². The molecule has 0 aliphatic carbocycles. The molecule has 0 saturated carbocycles. The zero-order chi connectivity index (χ0) is 12.8. The summed E-state index contributed by atoms with van der Waals surface area (Å²) in [6.45, 7) is 3.52. The van der Waals surface area contributed by atoms with E-state index in [1.165, 1.54) is 7.05 Å². The third kappa shape index (κ3) is 4.14. The van der Waals surface area contributed by atoms with Crippen LogP contribution in [0.2, 0.25) is 0 Å². The standard InChI is InChI=1S/C12H16N2O3/c1-8-5-4-6-10(7-8)17-9(2)11(15)14-12(16)13-3/h4-7,9H,1-3H3,(H2,13,14,15,16)/t9-/m0/s1. The second-order valence-corrected chi connectivity index (χ2v) is 3.64. The normalized spacial score (nSPS) is 11.5. The van der Waals surface area contributed by atoms with Crippen molar-refractivity contribution < 1.29 is 14.3 Å². The van der Waals surface area contributed by atoms with Gasteiger partial charge in [0.25, 0.3) is 5.91 Å². The van der Waals surface area contributed by atoms with E-state index in [1.807, 2.05) is 25.1 Å². The minimum atomic E-state index is -0.728. The van der Waals surface area contributed by atoms with Gasteiger partial charge in [-0.3, -0.25) is 10.1 Å². The van der Waals surface area contributed by atoms with Gasteiger partial charge in [-0.15, -0.1) is 0 Å². The van der Waals surface area contributed by atoms with Crippen LogP contribution in [0, 0.1) is 6.92 Å². The van der Waals surface area contributed by atoms with Crippen LogP contribution in [-0.2, 0) is 4.79 Å². The Labute approximate surface area is 100 Å². The molecule has 1 aromatic carbocycles. The summed E-state index contributed by atoms with van der Waals surface area (Å²) in [6.07, 6.45) is -0.728. The summed E-state index contributed by atoms with van der Waals surface area (Å²) in [5.41, 5.74) is 1.04. The number of rotatable bonds is 3. The van der Waals surface area contributed by atoms with Gasteiger partial charge in [0.2, 0.25) is 0 Å². The lowest BCUT2D eigenvalue weighted by molar-refractivity contribution is -0.126. The maximum Gasteiger partial charge on any atom is 0.321 e. The average molecular weight is 236 g/mol. The number of hydrogen-bond donors (Lipinski definition) is 2. The van der Waals surface area contributed by atoms with Crippen molar-refractivity contribution in [3.63, 3.8) is 0 Å². The second-order valence-electron chi connectivity index (χ2n) is 3.64. The summed E-state index contributed by atoms with van der Waals surface area (Å²) in [5.74, 6) is 0.121. The van der Waals surface area contributed by atoms with Crippen molar-refractivity contribution in [3.05, 3.63) is 29.8 Å². The molecule has 17 heavy (non-hydrogen) atoms. The Morgan fingerprint density at radius 2 is 2.06 bits per heavy atom. The zero-order valence-corrected chi connectivity index (χ0v) is 10.1. The number of nitrogens with one attached hydrogen (secondary N) is 2. The monoisotopic (exact) mass is 236 g/mol. The molecule has 0 saturated heterocycles. The second kappa shape index (κ2) is 5.89. The van der Waals surface area contributed by atoms with Gasteiger partial charge in [-0.1, -0.05) is 12.1 Å². The van der Waals surface area contributed by atoms with E-state index in [4.69, 9.17) is 4.74 Å². The van der Waals surface area contributed by atoms with E-state index in [0.29, 0.717) is 5.75 Å². The Kier molecular flexibility index (Phi) is 4.51. The van der Waals surface area contributed by atoms with Gasteiger partial charge in [0.15, 0.2) is 6.10 Å². The maximum atomic E-state index is 11.5. The summed E-state index contributed by atoms with van der Waals surface area (Å²) in [7, 11) is 1.44. The number of hydrogen-bond acceptors (Lipinski definition) is 3. The van der Waals surface area contributed by atoms with Crippen LogP contribution in [0.25, 0.3) is 0 Å². The highest BCUT2D eigenvalue weighted by Gasteiger charge is 2.16. The zero-order valence-electron chi connectivity index (χ0n) is 10.1. The van der Waals surface area contributed by atoms with Crippen LogP contribution in [-0.4, -0.2) is 25.1 Å². The number of benzene rings is 1. The van der Waals surface area contributed by atoms with E-state index in [2.05, 4.69) is 10.6 Å².